The van der Waals surface area contributed by atoms with E-state index in [-0.39, 0.29) is 11.9 Å². The molecule has 2 N–H and O–H groups in total. The first-order valence-corrected chi connectivity index (χ1v) is 11.9. The van der Waals surface area contributed by atoms with Crippen LogP contribution in [0.1, 0.15) is 51.0 Å². The van der Waals surface area contributed by atoms with Crippen LogP contribution in [0.2, 0.25) is 0 Å². The number of anilines is 2. The van der Waals surface area contributed by atoms with Crippen molar-refractivity contribution in [2.75, 3.05) is 17.7 Å². The first-order chi connectivity index (χ1) is 16.2. The summed E-state index contributed by atoms with van der Waals surface area (Å²) in [4.78, 5) is 18.7. The van der Waals surface area contributed by atoms with Gasteiger partial charge in [-0.1, -0.05) is 18.2 Å². The second-order valence-electron chi connectivity index (χ2n) is 7.95. The monoisotopic (exact) mass is 459 g/mol. The molecule has 7 heteroatoms. The summed E-state index contributed by atoms with van der Waals surface area (Å²) in [5.74, 6) is 1.63. The number of amides is 1. The van der Waals surface area contributed by atoms with Crippen molar-refractivity contribution in [3.63, 3.8) is 0 Å². The van der Waals surface area contributed by atoms with E-state index in [9.17, 15) is 4.79 Å². The second-order valence-corrected chi connectivity index (χ2v) is 9.06. The van der Waals surface area contributed by atoms with Crippen LogP contribution in [0.5, 0.6) is 5.75 Å². The number of carbonyl (C=O) groups is 1. The molecule has 3 heterocycles. The third kappa shape index (κ3) is 4.50. The summed E-state index contributed by atoms with van der Waals surface area (Å²) in [7, 11) is 1.66. The Hall–Kier alpha value is -3.58. The number of aryl methyl sites for hydroxylation is 1. The standard InChI is InChI=1S/C26H25N3O3S/c1-31-18-13-11-17(12-14-18)24(28-22-10-4-5-15-27-22)23-19-7-2-3-9-21(19)33-26(23)29-25(30)20-8-6-16-32-20/h4-6,8,10-16,24H,2-3,7,9H2,1H3,(H,27,28)(H,29,30)/t24-/m1/s1. The van der Waals surface area contributed by atoms with Crippen LogP contribution in [0.4, 0.5) is 10.8 Å². The Morgan fingerprint density at radius 3 is 2.67 bits per heavy atom. The van der Waals surface area contributed by atoms with Crippen molar-refractivity contribution in [1.82, 2.24) is 4.98 Å². The molecule has 6 nitrogen and oxygen atoms in total. The SMILES string of the molecule is COc1ccc([C@@H](Nc2ccccn2)c2c(NC(=O)c3ccco3)sc3c2CCCC3)cc1. The number of nitrogens with one attached hydrogen (secondary N) is 2. The van der Waals surface area contributed by atoms with Gasteiger partial charge in [-0.05, 0) is 73.2 Å². The van der Waals surface area contributed by atoms with Gasteiger partial charge in [-0.3, -0.25) is 4.79 Å². The zero-order valence-corrected chi connectivity index (χ0v) is 19.2. The Labute approximate surface area is 196 Å². The maximum atomic E-state index is 12.9. The third-order valence-electron chi connectivity index (χ3n) is 5.88. The van der Waals surface area contributed by atoms with Gasteiger partial charge in [-0.25, -0.2) is 4.98 Å². The van der Waals surface area contributed by atoms with Gasteiger partial charge in [0.2, 0.25) is 0 Å². The number of carbonyl (C=O) groups excluding carboxylic acids is 1. The molecule has 3 aromatic heterocycles. The number of fused-ring (bicyclic) bond motifs is 1. The molecule has 1 atom stereocenters. The van der Waals surface area contributed by atoms with Crippen molar-refractivity contribution >= 4 is 28.1 Å². The summed E-state index contributed by atoms with van der Waals surface area (Å²) >= 11 is 1.67. The van der Waals surface area contributed by atoms with Gasteiger partial charge in [0.15, 0.2) is 5.76 Å². The average molecular weight is 460 g/mol. The maximum absolute atomic E-state index is 12.9. The number of nitrogens with zero attached hydrogens (tertiary/aromatic N) is 1. The van der Waals surface area contributed by atoms with Crippen LogP contribution in [-0.2, 0) is 12.8 Å². The van der Waals surface area contributed by atoms with Crippen LogP contribution in [0.3, 0.4) is 0 Å². The lowest BCUT2D eigenvalue weighted by Gasteiger charge is -2.24. The Morgan fingerprint density at radius 2 is 1.94 bits per heavy atom. The van der Waals surface area contributed by atoms with Crippen molar-refractivity contribution in [3.8, 4) is 5.75 Å². The smallest absolute Gasteiger partial charge is 0.291 e. The van der Waals surface area contributed by atoms with E-state index in [1.807, 2.05) is 30.3 Å². The number of hydrogen-bond acceptors (Lipinski definition) is 6. The highest BCUT2D eigenvalue weighted by Crippen LogP contribution is 2.44. The van der Waals surface area contributed by atoms with Crippen LogP contribution in [0, 0.1) is 0 Å². The fourth-order valence-corrected chi connectivity index (χ4v) is 5.60. The molecule has 0 radical (unpaired) electrons. The highest BCUT2D eigenvalue weighted by atomic mass is 32.1. The number of ether oxygens (including phenoxy) is 1. The van der Waals surface area contributed by atoms with E-state index in [0.717, 1.165) is 47.0 Å². The third-order valence-corrected chi connectivity index (χ3v) is 7.10. The number of methoxy groups -OCH3 is 1. The van der Waals surface area contributed by atoms with E-state index < -0.39 is 0 Å². The van der Waals surface area contributed by atoms with E-state index in [1.165, 1.54) is 23.1 Å². The number of thiophene rings is 1. The van der Waals surface area contributed by atoms with Gasteiger partial charge in [-0.15, -0.1) is 11.3 Å². The molecule has 0 spiro atoms. The molecule has 0 saturated heterocycles. The summed E-state index contributed by atoms with van der Waals surface area (Å²) < 4.78 is 10.7. The summed E-state index contributed by atoms with van der Waals surface area (Å²) in [6.45, 7) is 0. The lowest BCUT2D eigenvalue weighted by Crippen LogP contribution is -2.18. The van der Waals surface area contributed by atoms with Crippen molar-refractivity contribution in [2.45, 2.75) is 31.7 Å². The molecule has 0 bridgehead atoms. The van der Waals surface area contributed by atoms with E-state index in [2.05, 4.69) is 27.8 Å². The Morgan fingerprint density at radius 1 is 1.09 bits per heavy atom. The van der Waals surface area contributed by atoms with Gasteiger partial charge in [0, 0.05) is 16.6 Å². The van der Waals surface area contributed by atoms with Gasteiger partial charge in [0.05, 0.1) is 19.4 Å². The van der Waals surface area contributed by atoms with E-state index in [1.54, 1.807) is 36.8 Å². The van der Waals surface area contributed by atoms with E-state index >= 15 is 0 Å². The summed E-state index contributed by atoms with van der Waals surface area (Å²) in [5.41, 5.74) is 3.50. The molecule has 0 fully saturated rings. The van der Waals surface area contributed by atoms with Gasteiger partial charge in [-0.2, -0.15) is 0 Å². The Kier molecular flexibility index (Phi) is 6.13. The van der Waals surface area contributed by atoms with Crippen LogP contribution < -0.4 is 15.4 Å². The summed E-state index contributed by atoms with van der Waals surface area (Å²) in [6.07, 6.45) is 7.62. The van der Waals surface area contributed by atoms with E-state index in [0.29, 0.717) is 5.76 Å². The van der Waals surface area contributed by atoms with Gasteiger partial charge in [0.1, 0.15) is 16.6 Å². The fraction of sp³-hybridized carbons (Fsp3) is 0.231. The molecule has 0 unspecified atom stereocenters. The molecule has 1 aliphatic rings. The van der Waals surface area contributed by atoms with Crippen LogP contribution >= 0.6 is 11.3 Å². The van der Waals surface area contributed by atoms with Crippen LogP contribution in [-0.4, -0.2) is 18.0 Å². The van der Waals surface area contributed by atoms with Gasteiger partial charge < -0.3 is 19.8 Å². The topological polar surface area (TPSA) is 76.4 Å². The minimum Gasteiger partial charge on any atom is -0.497 e. The average Bonchev–Trinajstić information content (AvgIpc) is 3.52. The number of benzene rings is 1. The molecule has 33 heavy (non-hydrogen) atoms. The number of hydrogen-bond donors (Lipinski definition) is 2. The zero-order valence-electron chi connectivity index (χ0n) is 18.3. The molecule has 1 aliphatic carbocycles. The minimum absolute atomic E-state index is 0.184. The highest BCUT2D eigenvalue weighted by molar-refractivity contribution is 7.16. The van der Waals surface area contributed by atoms with Gasteiger partial charge in [0.25, 0.3) is 5.91 Å². The molecule has 1 aromatic carbocycles. The largest absolute Gasteiger partial charge is 0.497 e. The van der Waals surface area contributed by atoms with Crippen molar-refractivity contribution in [3.05, 3.63) is 94.4 Å². The molecule has 4 aromatic rings. The predicted molar refractivity (Wildman–Crippen MR) is 130 cm³/mol. The highest BCUT2D eigenvalue weighted by Gasteiger charge is 2.29. The summed E-state index contributed by atoms with van der Waals surface area (Å²) in [5, 5.41) is 7.60. The van der Waals surface area contributed by atoms with Crippen molar-refractivity contribution < 1.29 is 13.9 Å². The predicted octanol–water partition coefficient (Wildman–Crippen LogP) is 6.08. The van der Waals surface area contributed by atoms with Crippen molar-refractivity contribution in [1.29, 1.82) is 0 Å². The van der Waals surface area contributed by atoms with Crippen molar-refractivity contribution in [2.24, 2.45) is 0 Å². The lowest BCUT2D eigenvalue weighted by molar-refractivity contribution is 0.0997. The molecule has 1 amide bonds. The zero-order chi connectivity index (χ0) is 22.6. The Bertz CT molecular complexity index is 1220. The number of furan rings is 1. The molecule has 0 aliphatic heterocycles. The quantitative estimate of drug-likeness (QED) is 0.350. The Balaban J connectivity index is 1.60. The molecular weight excluding hydrogens is 434 g/mol. The molecule has 0 saturated carbocycles. The van der Waals surface area contributed by atoms with Gasteiger partial charge >= 0.3 is 0 Å². The van der Waals surface area contributed by atoms with Crippen LogP contribution in [0.25, 0.3) is 0 Å². The fourth-order valence-electron chi connectivity index (χ4n) is 4.28. The normalized spacial score (nSPS) is 13.7. The maximum Gasteiger partial charge on any atom is 0.291 e. The first kappa shape index (κ1) is 21.3. The van der Waals surface area contributed by atoms with Crippen LogP contribution in [0.15, 0.2) is 71.5 Å². The lowest BCUT2D eigenvalue weighted by atomic mass is 9.89. The second kappa shape index (κ2) is 9.50. The summed E-state index contributed by atoms with van der Waals surface area (Å²) in [6, 6.07) is 17.1. The number of aromatic nitrogens is 1. The first-order valence-electron chi connectivity index (χ1n) is 11.0. The molecule has 168 valence electrons. The molecular formula is C26H25N3O3S. The molecule has 5 rings (SSSR count). The number of pyridine rings is 1. The van der Waals surface area contributed by atoms with E-state index in [4.69, 9.17) is 9.15 Å². The minimum atomic E-state index is -0.244. The number of rotatable bonds is 7.